The second-order valence-corrected chi connectivity index (χ2v) is 6.21. The number of anilines is 2. The Labute approximate surface area is 146 Å². The lowest BCUT2D eigenvalue weighted by atomic mass is 10.1. The molecule has 9 heteroatoms. The minimum absolute atomic E-state index is 0.111. The summed E-state index contributed by atoms with van der Waals surface area (Å²) in [6, 6.07) is 4.84. The van der Waals surface area contributed by atoms with Crippen molar-refractivity contribution in [2.75, 3.05) is 5.32 Å². The van der Waals surface area contributed by atoms with Gasteiger partial charge in [-0.3, -0.25) is 0 Å². The largest absolute Gasteiger partial charge is 0.478 e. The second-order valence-electron chi connectivity index (χ2n) is 4.56. The monoisotopic (exact) mass is 449 g/mol. The van der Waals surface area contributed by atoms with Gasteiger partial charge in [-0.1, -0.05) is 11.6 Å². The molecule has 0 bridgehead atoms. The zero-order valence-corrected chi connectivity index (χ0v) is 14.0. The summed E-state index contributed by atoms with van der Waals surface area (Å²) in [5.41, 5.74) is -1.20. The van der Waals surface area contributed by atoms with Gasteiger partial charge in [0.25, 0.3) is 0 Å². The van der Waals surface area contributed by atoms with Gasteiger partial charge < -0.3 is 15.4 Å². The summed E-state index contributed by atoms with van der Waals surface area (Å²) in [6.45, 7) is 0. The molecule has 23 heavy (non-hydrogen) atoms. The van der Waals surface area contributed by atoms with Gasteiger partial charge in [-0.2, -0.15) is 0 Å². The molecular weight excluding hydrogens is 443 g/mol. The molecule has 0 atom stereocenters. The fourth-order valence-electron chi connectivity index (χ4n) is 2.16. The van der Waals surface area contributed by atoms with Gasteiger partial charge in [-0.25, -0.2) is 18.6 Å². The zero-order valence-electron chi connectivity index (χ0n) is 11.1. The van der Waals surface area contributed by atoms with Gasteiger partial charge >= 0.3 is 5.97 Å². The van der Waals surface area contributed by atoms with Gasteiger partial charge in [-0.15, -0.1) is 0 Å². The predicted octanol–water partition coefficient (Wildman–Crippen LogP) is 4.54. The number of carbonyl (C=O) groups is 1. The Balaban J connectivity index is 2.25. The summed E-state index contributed by atoms with van der Waals surface area (Å²) >= 11 is 8.09. The molecule has 0 unspecified atom stereocenters. The van der Waals surface area contributed by atoms with E-state index >= 15 is 0 Å². The molecular formula is C14H7ClF2IN3O2. The number of carboxylic acids is 1. The molecule has 0 saturated heterocycles. The quantitative estimate of drug-likeness (QED) is 0.513. The lowest BCUT2D eigenvalue weighted by molar-refractivity contribution is 0.0699. The van der Waals surface area contributed by atoms with Crippen molar-refractivity contribution < 1.29 is 18.7 Å². The van der Waals surface area contributed by atoms with Crippen LogP contribution in [0.15, 0.2) is 24.5 Å². The van der Waals surface area contributed by atoms with Crippen LogP contribution in [0.4, 0.5) is 20.2 Å². The summed E-state index contributed by atoms with van der Waals surface area (Å²) in [5.74, 6) is -4.01. The van der Waals surface area contributed by atoms with E-state index in [0.717, 1.165) is 9.90 Å². The number of halogens is 4. The van der Waals surface area contributed by atoms with Gasteiger partial charge in [0.2, 0.25) is 0 Å². The minimum Gasteiger partial charge on any atom is -0.478 e. The molecule has 0 radical (unpaired) electrons. The van der Waals surface area contributed by atoms with E-state index in [2.05, 4.69) is 15.3 Å². The first kappa shape index (κ1) is 15.9. The molecule has 0 fully saturated rings. The third-order valence-corrected chi connectivity index (χ3v) is 4.15. The maximum atomic E-state index is 14.3. The van der Waals surface area contributed by atoms with Crippen molar-refractivity contribution in [3.63, 3.8) is 0 Å². The molecule has 3 N–H and O–H groups in total. The molecule has 1 aromatic heterocycles. The first-order valence-corrected chi connectivity index (χ1v) is 7.65. The van der Waals surface area contributed by atoms with E-state index in [0.29, 0.717) is 0 Å². The standard InChI is InChI=1S/C14H7ClF2IN3O2/c15-6-3-5(18)1-2-7(6)21-11-8(14(22)23)12-13(20-4-19-12)10(17)9(11)16/h1-4,21H,(H,19,20)(H,22,23). The number of nitrogens with one attached hydrogen (secondary N) is 2. The van der Waals surface area contributed by atoms with Gasteiger partial charge in [-0.05, 0) is 40.8 Å². The van der Waals surface area contributed by atoms with Gasteiger partial charge in [0.15, 0.2) is 11.6 Å². The molecule has 0 aliphatic heterocycles. The number of H-pyrrole nitrogens is 1. The van der Waals surface area contributed by atoms with E-state index in [9.17, 15) is 18.7 Å². The van der Waals surface area contributed by atoms with E-state index in [-0.39, 0.29) is 21.7 Å². The van der Waals surface area contributed by atoms with Crippen LogP contribution in [0.3, 0.4) is 0 Å². The Hall–Kier alpha value is -1.94. The van der Waals surface area contributed by atoms with Crippen LogP contribution in [0.2, 0.25) is 5.02 Å². The third kappa shape index (κ3) is 2.72. The van der Waals surface area contributed by atoms with E-state index in [4.69, 9.17) is 11.6 Å². The van der Waals surface area contributed by atoms with Gasteiger partial charge in [0.1, 0.15) is 11.1 Å². The van der Waals surface area contributed by atoms with Crippen molar-refractivity contribution in [2.45, 2.75) is 0 Å². The summed E-state index contributed by atoms with van der Waals surface area (Å²) in [5, 5.41) is 12.2. The Morgan fingerprint density at radius 3 is 2.74 bits per heavy atom. The third-order valence-electron chi connectivity index (χ3n) is 3.16. The summed E-state index contributed by atoms with van der Waals surface area (Å²) in [4.78, 5) is 17.6. The van der Waals surface area contributed by atoms with Crippen molar-refractivity contribution in [1.29, 1.82) is 0 Å². The number of hydrogen-bond donors (Lipinski definition) is 3. The minimum atomic E-state index is -1.43. The summed E-state index contributed by atoms with van der Waals surface area (Å²) in [7, 11) is 0. The number of aromatic amines is 1. The van der Waals surface area contributed by atoms with E-state index in [1.54, 1.807) is 18.2 Å². The highest BCUT2D eigenvalue weighted by Gasteiger charge is 2.26. The van der Waals surface area contributed by atoms with Crippen molar-refractivity contribution in [3.8, 4) is 0 Å². The van der Waals surface area contributed by atoms with Crippen LogP contribution in [-0.2, 0) is 0 Å². The Kier molecular flexibility index (Phi) is 4.11. The number of benzene rings is 2. The van der Waals surface area contributed by atoms with Crippen LogP contribution in [0.25, 0.3) is 11.0 Å². The topological polar surface area (TPSA) is 78.0 Å². The van der Waals surface area contributed by atoms with E-state index in [1.807, 2.05) is 22.6 Å². The zero-order chi connectivity index (χ0) is 16.7. The van der Waals surface area contributed by atoms with Gasteiger partial charge in [0, 0.05) is 3.57 Å². The Bertz CT molecular complexity index is 945. The van der Waals surface area contributed by atoms with Gasteiger partial charge in [0.05, 0.1) is 28.2 Å². The summed E-state index contributed by atoms with van der Waals surface area (Å²) in [6.07, 6.45) is 1.10. The molecule has 1 heterocycles. The lowest BCUT2D eigenvalue weighted by Gasteiger charge is -2.13. The lowest BCUT2D eigenvalue weighted by Crippen LogP contribution is -2.08. The molecule has 118 valence electrons. The maximum Gasteiger partial charge on any atom is 0.340 e. The van der Waals surface area contributed by atoms with Crippen LogP contribution in [0.5, 0.6) is 0 Å². The molecule has 3 rings (SSSR count). The summed E-state index contributed by atoms with van der Waals surface area (Å²) < 4.78 is 29.2. The Morgan fingerprint density at radius 2 is 2.09 bits per heavy atom. The van der Waals surface area contributed by atoms with Crippen LogP contribution in [0.1, 0.15) is 10.4 Å². The second kappa shape index (κ2) is 5.93. The van der Waals surface area contributed by atoms with Crippen molar-refractivity contribution >= 4 is 62.6 Å². The number of imidazole rings is 1. The van der Waals surface area contributed by atoms with Crippen LogP contribution < -0.4 is 5.32 Å². The van der Waals surface area contributed by atoms with E-state index < -0.39 is 28.9 Å². The average molecular weight is 450 g/mol. The number of nitrogens with zero attached hydrogens (tertiary/aromatic N) is 1. The van der Waals surface area contributed by atoms with E-state index in [1.165, 1.54) is 0 Å². The molecule has 3 aromatic rings. The molecule has 5 nitrogen and oxygen atoms in total. The number of aromatic carboxylic acids is 1. The number of hydrogen-bond acceptors (Lipinski definition) is 3. The average Bonchev–Trinajstić information content (AvgIpc) is 2.96. The van der Waals surface area contributed by atoms with Crippen LogP contribution in [0, 0.1) is 15.2 Å². The highest BCUT2D eigenvalue weighted by Crippen LogP contribution is 2.35. The smallest absolute Gasteiger partial charge is 0.340 e. The fourth-order valence-corrected chi connectivity index (χ4v) is 3.06. The first-order valence-electron chi connectivity index (χ1n) is 6.19. The van der Waals surface area contributed by atoms with Crippen molar-refractivity contribution in [2.24, 2.45) is 0 Å². The number of carboxylic acid groups (broad SMARTS) is 1. The number of rotatable bonds is 3. The highest BCUT2D eigenvalue weighted by molar-refractivity contribution is 14.1. The van der Waals surface area contributed by atoms with Crippen molar-refractivity contribution in [1.82, 2.24) is 9.97 Å². The molecule has 2 aromatic carbocycles. The molecule has 0 aliphatic carbocycles. The normalized spacial score (nSPS) is 11.0. The van der Waals surface area contributed by atoms with Crippen molar-refractivity contribution in [3.05, 3.63) is 50.3 Å². The maximum absolute atomic E-state index is 14.3. The number of fused-ring (bicyclic) bond motifs is 1. The molecule has 0 amide bonds. The van der Waals surface area contributed by atoms with Crippen LogP contribution in [-0.4, -0.2) is 21.0 Å². The molecule has 0 aliphatic rings. The molecule has 0 saturated carbocycles. The predicted molar refractivity (Wildman–Crippen MR) is 90.4 cm³/mol. The van der Waals surface area contributed by atoms with Crippen LogP contribution >= 0.6 is 34.2 Å². The Morgan fingerprint density at radius 1 is 1.35 bits per heavy atom. The number of aromatic nitrogens is 2. The highest BCUT2D eigenvalue weighted by atomic mass is 127. The fraction of sp³-hybridized carbons (Fsp3) is 0. The first-order chi connectivity index (χ1) is 10.9. The molecule has 0 spiro atoms. The SMILES string of the molecule is O=C(O)c1c(Nc2ccc(I)cc2Cl)c(F)c(F)c2nc[nH]c12.